The van der Waals surface area contributed by atoms with E-state index in [9.17, 15) is 4.79 Å². The van der Waals surface area contributed by atoms with E-state index < -0.39 is 5.97 Å². The average molecular weight is 206 g/mol. The monoisotopic (exact) mass is 205 g/mol. The maximum Gasteiger partial charge on any atom is 0.306 e. The predicted molar refractivity (Wildman–Crippen MR) is 52.2 cm³/mol. The molecule has 0 amide bonds. The number of carbonyl (C=O) groups is 1. The molecule has 0 aliphatic carbocycles. The molecule has 0 radical (unpaired) electrons. The summed E-state index contributed by atoms with van der Waals surface area (Å²) in [7, 11) is 0. The zero-order valence-corrected chi connectivity index (χ0v) is 8.42. The van der Waals surface area contributed by atoms with Crippen LogP contribution in [0.25, 0.3) is 0 Å². The molecule has 13 heavy (non-hydrogen) atoms. The second kappa shape index (κ2) is 4.29. The number of hydrogen-bond acceptors (Lipinski definition) is 2. The molecule has 2 rings (SSSR count). The second-order valence-corrected chi connectivity index (χ2v) is 3.89. The molecule has 1 N–H and O–H groups in total. The van der Waals surface area contributed by atoms with Crippen molar-refractivity contribution in [3.63, 3.8) is 0 Å². The Hall–Kier alpha value is -0.280. The third-order valence-corrected chi connectivity index (χ3v) is 3.17. The van der Waals surface area contributed by atoms with Crippen LogP contribution in [0.4, 0.5) is 0 Å². The number of aliphatic carboxylic acids is 1. The fraction of sp³-hybridized carbons (Fsp3) is 0.889. The van der Waals surface area contributed by atoms with E-state index in [-0.39, 0.29) is 18.3 Å². The summed E-state index contributed by atoms with van der Waals surface area (Å²) in [6.07, 6.45) is 4.21. The van der Waals surface area contributed by atoms with Crippen molar-refractivity contribution in [1.29, 1.82) is 0 Å². The highest BCUT2D eigenvalue weighted by atomic mass is 35.5. The fourth-order valence-corrected chi connectivity index (χ4v) is 2.45. The van der Waals surface area contributed by atoms with Crippen molar-refractivity contribution >= 4 is 18.4 Å². The lowest BCUT2D eigenvalue weighted by Gasteiger charge is -2.32. The Morgan fingerprint density at radius 2 is 2.08 bits per heavy atom. The predicted octanol–water partition coefficient (Wildman–Crippen LogP) is 1.37. The normalized spacial score (nSPS) is 33.5. The van der Waals surface area contributed by atoms with E-state index in [2.05, 4.69) is 4.90 Å². The topological polar surface area (TPSA) is 40.5 Å². The van der Waals surface area contributed by atoms with Gasteiger partial charge >= 0.3 is 5.97 Å². The van der Waals surface area contributed by atoms with Crippen molar-refractivity contribution in [1.82, 2.24) is 4.90 Å². The van der Waals surface area contributed by atoms with Gasteiger partial charge in [-0.15, -0.1) is 12.4 Å². The first-order valence-electron chi connectivity index (χ1n) is 4.74. The van der Waals surface area contributed by atoms with Crippen LogP contribution in [0, 0.1) is 5.92 Å². The molecule has 3 nitrogen and oxygen atoms in total. The summed E-state index contributed by atoms with van der Waals surface area (Å²) in [5.74, 6) is -0.661. The Kier molecular flexibility index (Phi) is 3.56. The van der Waals surface area contributed by atoms with Crippen molar-refractivity contribution < 1.29 is 9.90 Å². The van der Waals surface area contributed by atoms with Crippen LogP contribution in [-0.4, -0.2) is 35.1 Å². The van der Waals surface area contributed by atoms with Crippen LogP contribution in [0.15, 0.2) is 0 Å². The summed E-state index contributed by atoms with van der Waals surface area (Å²) in [4.78, 5) is 13.2. The quantitative estimate of drug-likeness (QED) is 0.703. The molecular weight excluding hydrogens is 190 g/mol. The number of halogens is 1. The fourth-order valence-electron chi connectivity index (χ4n) is 2.45. The third-order valence-electron chi connectivity index (χ3n) is 3.17. The minimum atomic E-state index is -0.596. The highest BCUT2D eigenvalue weighted by Crippen LogP contribution is 2.30. The van der Waals surface area contributed by atoms with Crippen molar-refractivity contribution in [3.05, 3.63) is 0 Å². The van der Waals surface area contributed by atoms with Gasteiger partial charge in [-0.05, 0) is 38.8 Å². The molecule has 0 aromatic carbocycles. The van der Waals surface area contributed by atoms with E-state index in [1.165, 1.54) is 19.4 Å². The van der Waals surface area contributed by atoms with Gasteiger partial charge in [0.1, 0.15) is 0 Å². The molecule has 2 saturated heterocycles. The van der Waals surface area contributed by atoms with Crippen LogP contribution in [-0.2, 0) is 4.79 Å². The maximum atomic E-state index is 10.7. The van der Waals surface area contributed by atoms with Gasteiger partial charge in [-0.3, -0.25) is 4.79 Å². The molecule has 0 spiro atoms. The zero-order valence-electron chi connectivity index (χ0n) is 7.61. The number of rotatable bonds is 1. The van der Waals surface area contributed by atoms with Crippen LogP contribution < -0.4 is 0 Å². The van der Waals surface area contributed by atoms with Crippen LogP contribution >= 0.6 is 12.4 Å². The summed E-state index contributed by atoms with van der Waals surface area (Å²) < 4.78 is 0. The largest absolute Gasteiger partial charge is 0.481 e. The van der Waals surface area contributed by atoms with E-state index in [0.29, 0.717) is 6.04 Å². The Morgan fingerprint density at radius 1 is 1.31 bits per heavy atom. The highest BCUT2D eigenvalue weighted by Gasteiger charge is 2.34. The van der Waals surface area contributed by atoms with Gasteiger partial charge in [-0.1, -0.05) is 0 Å². The molecule has 2 fully saturated rings. The molecule has 2 atom stereocenters. The minimum Gasteiger partial charge on any atom is -0.481 e. The molecule has 4 heteroatoms. The summed E-state index contributed by atoms with van der Waals surface area (Å²) in [6, 6.07) is 0.583. The summed E-state index contributed by atoms with van der Waals surface area (Å²) in [5.41, 5.74) is 0. The van der Waals surface area contributed by atoms with E-state index >= 15 is 0 Å². The minimum absolute atomic E-state index is 0. The first-order chi connectivity index (χ1) is 5.77. The van der Waals surface area contributed by atoms with Crippen LogP contribution in [0.5, 0.6) is 0 Å². The molecule has 0 saturated carbocycles. The van der Waals surface area contributed by atoms with Gasteiger partial charge in [-0.25, -0.2) is 0 Å². The van der Waals surface area contributed by atoms with Crippen molar-refractivity contribution in [2.45, 2.75) is 31.7 Å². The van der Waals surface area contributed by atoms with E-state index in [1.807, 2.05) is 0 Å². The Balaban J connectivity index is 0.000000845. The van der Waals surface area contributed by atoms with Gasteiger partial charge in [0.2, 0.25) is 0 Å². The molecule has 2 aliphatic rings. The number of carboxylic acid groups (broad SMARTS) is 1. The standard InChI is InChI=1S/C9H15NO2.ClH/c11-9(12)7-3-5-10-4-1-2-8(10)6-7;/h7-8H,1-6H2,(H,11,12);1H. The van der Waals surface area contributed by atoms with E-state index in [0.717, 1.165) is 19.4 Å². The number of piperidine rings is 1. The van der Waals surface area contributed by atoms with Gasteiger partial charge in [0.05, 0.1) is 5.92 Å². The Labute approximate surface area is 84.5 Å². The molecular formula is C9H16ClNO2. The molecule has 0 aromatic rings. The Morgan fingerprint density at radius 3 is 2.77 bits per heavy atom. The number of hydrogen-bond donors (Lipinski definition) is 1. The first-order valence-corrected chi connectivity index (χ1v) is 4.74. The molecule has 2 heterocycles. The summed E-state index contributed by atoms with van der Waals surface area (Å²) in [5, 5.41) is 8.84. The van der Waals surface area contributed by atoms with Crippen molar-refractivity contribution in [2.24, 2.45) is 5.92 Å². The van der Waals surface area contributed by atoms with Crippen LogP contribution in [0.2, 0.25) is 0 Å². The summed E-state index contributed by atoms with van der Waals surface area (Å²) in [6.45, 7) is 2.19. The Bertz CT molecular complexity index is 198. The SMILES string of the molecule is Cl.O=C(O)C1CCN2CCCC2C1. The van der Waals surface area contributed by atoms with Crippen molar-refractivity contribution in [2.75, 3.05) is 13.1 Å². The highest BCUT2D eigenvalue weighted by molar-refractivity contribution is 5.85. The number of fused-ring (bicyclic) bond motifs is 1. The molecule has 2 aliphatic heterocycles. The maximum absolute atomic E-state index is 10.7. The van der Waals surface area contributed by atoms with Gasteiger partial charge < -0.3 is 10.0 Å². The third kappa shape index (κ3) is 2.15. The van der Waals surface area contributed by atoms with Crippen molar-refractivity contribution in [3.8, 4) is 0 Å². The lowest BCUT2D eigenvalue weighted by atomic mass is 9.91. The van der Waals surface area contributed by atoms with Gasteiger partial charge in [0.15, 0.2) is 0 Å². The molecule has 0 bridgehead atoms. The molecule has 0 aromatic heterocycles. The molecule has 2 unspecified atom stereocenters. The van der Waals surface area contributed by atoms with E-state index in [1.54, 1.807) is 0 Å². The van der Waals surface area contributed by atoms with Crippen LogP contribution in [0.3, 0.4) is 0 Å². The zero-order chi connectivity index (χ0) is 8.55. The lowest BCUT2D eigenvalue weighted by Crippen LogP contribution is -2.40. The lowest BCUT2D eigenvalue weighted by molar-refractivity contribution is -0.143. The molecule has 76 valence electrons. The second-order valence-electron chi connectivity index (χ2n) is 3.89. The first kappa shape index (κ1) is 10.8. The summed E-state index contributed by atoms with van der Waals surface area (Å²) >= 11 is 0. The smallest absolute Gasteiger partial charge is 0.306 e. The van der Waals surface area contributed by atoms with Gasteiger partial charge in [0.25, 0.3) is 0 Å². The van der Waals surface area contributed by atoms with Gasteiger partial charge in [0, 0.05) is 6.04 Å². The van der Waals surface area contributed by atoms with E-state index in [4.69, 9.17) is 5.11 Å². The number of nitrogens with zero attached hydrogens (tertiary/aromatic N) is 1. The average Bonchev–Trinajstić information content (AvgIpc) is 2.49. The number of carboxylic acids is 1. The van der Waals surface area contributed by atoms with Gasteiger partial charge in [-0.2, -0.15) is 0 Å². The van der Waals surface area contributed by atoms with Crippen LogP contribution in [0.1, 0.15) is 25.7 Å².